The predicted molar refractivity (Wildman–Crippen MR) is 166 cm³/mol. The van der Waals surface area contributed by atoms with Gasteiger partial charge in [0.05, 0.1) is 12.4 Å². The summed E-state index contributed by atoms with van der Waals surface area (Å²) in [6.45, 7) is 3.82. The number of carboxylic acids is 1. The Morgan fingerprint density at radius 3 is 2.41 bits per heavy atom. The molecule has 240 valence electrons. The Morgan fingerprint density at radius 1 is 1.07 bits per heavy atom. The molecular weight excluding hydrogens is 586 g/mol. The van der Waals surface area contributed by atoms with Crippen molar-refractivity contribution in [3.63, 3.8) is 0 Å². The smallest absolute Gasteiger partial charge is 0.326 e. The average molecular weight is 630 g/mol. The molecular formula is C30H43N7O6S. The topological polar surface area (TPSA) is 200 Å². The van der Waals surface area contributed by atoms with Crippen LogP contribution in [0.25, 0.3) is 0 Å². The van der Waals surface area contributed by atoms with Crippen molar-refractivity contribution in [3.05, 3.63) is 54.1 Å². The van der Waals surface area contributed by atoms with Crippen molar-refractivity contribution < 1.29 is 29.1 Å². The van der Waals surface area contributed by atoms with E-state index in [1.165, 1.54) is 29.2 Å². The van der Waals surface area contributed by atoms with E-state index < -0.39 is 59.8 Å². The van der Waals surface area contributed by atoms with E-state index in [-0.39, 0.29) is 25.3 Å². The lowest BCUT2D eigenvalue weighted by Gasteiger charge is -2.31. The van der Waals surface area contributed by atoms with Crippen LogP contribution in [0.5, 0.6) is 0 Å². The van der Waals surface area contributed by atoms with Gasteiger partial charge in [0.15, 0.2) is 0 Å². The molecule has 1 aromatic heterocycles. The summed E-state index contributed by atoms with van der Waals surface area (Å²) in [6, 6.07) is 4.40. The molecule has 0 unspecified atom stereocenters. The lowest BCUT2D eigenvalue weighted by atomic mass is 10.00. The van der Waals surface area contributed by atoms with Crippen molar-refractivity contribution in [1.29, 1.82) is 0 Å². The molecule has 44 heavy (non-hydrogen) atoms. The second-order valence-corrected chi connectivity index (χ2v) is 12.2. The third-order valence-electron chi connectivity index (χ3n) is 7.54. The first-order chi connectivity index (χ1) is 21.0. The first-order valence-electron chi connectivity index (χ1n) is 14.7. The summed E-state index contributed by atoms with van der Waals surface area (Å²) in [5.41, 5.74) is 7.62. The van der Waals surface area contributed by atoms with Crippen LogP contribution in [0.15, 0.2) is 42.9 Å². The number of aromatic nitrogens is 2. The minimum Gasteiger partial charge on any atom is -0.480 e. The second kappa shape index (κ2) is 16.8. The Hall–Kier alpha value is -3.91. The van der Waals surface area contributed by atoms with Gasteiger partial charge in [-0.1, -0.05) is 44.2 Å². The number of nitrogens with two attached hydrogens (primary N) is 1. The molecule has 0 saturated carbocycles. The second-order valence-electron chi connectivity index (χ2n) is 11.2. The summed E-state index contributed by atoms with van der Waals surface area (Å²) in [5.74, 6) is -3.02. The number of likely N-dealkylation sites (tertiary alicyclic amines) is 1. The van der Waals surface area contributed by atoms with Crippen LogP contribution in [0, 0.1) is 5.92 Å². The zero-order valence-electron chi connectivity index (χ0n) is 25.3. The summed E-state index contributed by atoms with van der Waals surface area (Å²) >= 11 is 1.47. The summed E-state index contributed by atoms with van der Waals surface area (Å²) in [6.07, 6.45) is 6.35. The molecule has 1 aliphatic heterocycles. The molecule has 13 nitrogen and oxygen atoms in total. The van der Waals surface area contributed by atoms with Crippen LogP contribution < -0.4 is 21.7 Å². The zero-order valence-corrected chi connectivity index (χ0v) is 26.1. The number of nitrogens with zero attached hydrogens (tertiary/aromatic N) is 2. The number of benzene rings is 1. The number of aromatic amines is 1. The van der Waals surface area contributed by atoms with Gasteiger partial charge in [-0.05, 0) is 49.2 Å². The van der Waals surface area contributed by atoms with E-state index in [9.17, 15) is 29.1 Å². The number of nitrogens with one attached hydrogen (secondary N) is 4. The number of rotatable bonds is 16. The van der Waals surface area contributed by atoms with Gasteiger partial charge in [-0.15, -0.1) is 0 Å². The zero-order chi connectivity index (χ0) is 32.2. The summed E-state index contributed by atoms with van der Waals surface area (Å²) in [5, 5.41) is 17.7. The SMILES string of the molecule is CSCC[C@H](NC(=O)[C@@H]1CCCN1C(=O)[C@H](Cc1cnc[nH]1)NC(=O)[C@@H](NC(=O)[C@@H](N)Cc1ccccc1)C(C)C)C(=O)O. The van der Waals surface area contributed by atoms with Crippen LogP contribution in [0.1, 0.15) is 44.4 Å². The van der Waals surface area contributed by atoms with Gasteiger partial charge in [0.1, 0.15) is 24.2 Å². The number of H-pyrrole nitrogens is 1. The van der Waals surface area contributed by atoms with Gasteiger partial charge < -0.3 is 36.7 Å². The van der Waals surface area contributed by atoms with Gasteiger partial charge in [0.2, 0.25) is 23.6 Å². The first kappa shape index (κ1) is 34.6. The molecule has 0 radical (unpaired) electrons. The normalized spacial score (nSPS) is 17.4. The van der Waals surface area contributed by atoms with Crippen molar-refractivity contribution >= 4 is 41.4 Å². The summed E-state index contributed by atoms with van der Waals surface area (Å²) < 4.78 is 0. The Labute approximate surface area is 261 Å². The van der Waals surface area contributed by atoms with E-state index >= 15 is 0 Å². The maximum Gasteiger partial charge on any atom is 0.326 e. The van der Waals surface area contributed by atoms with Crippen molar-refractivity contribution in [3.8, 4) is 0 Å². The minimum atomic E-state index is -1.14. The monoisotopic (exact) mass is 629 g/mol. The van der Waals surface area contributed by atoms with E-state index in [2.05, 4.69) is 25.9 Å². The molecule has 0 bridgehead atoms. The van der Waals surface area contributed by atoms with E-state index in [4.69, 9.17) is 5.73 Å². The number of carbonyl (C=O) groups is 5. The van der Waals surface area contributed by atoms with Crippen molar-refractivity contribution in [2.45, 2.75) is 76.2 Å². The number of aliphatic carboxylic acids is 1. The number of imidazole rings is 1. The number of hydrogen-bond donors (Lipinski definition) is 6. The van der Waals surface area contributed by atoms with Crippen LogP contribution in [0.2, 0.25) is 0 Å². The predicted octanol–water partition coefficient (Wildman–Crippen LogP) is 0.461. The van der Waals surface area contributed by atoms with Crippen LogP contribution in [0.3, 0.4) is 0 Å². The molecule has 1 saturated heterocycles. The molecule has 3 rings (SSSR count). The van der Waals surface area contributed by atoms with Crippen LogP contribution >= 0.6 is 11.8 Å². The fraction of sp³-hybridized carbons (Fsp3) is 0.533. The van der Waals surface area contributed by atoms with Gasteiger partial charge in [-0.25, -0.2) is 9.78 Å². The highest BCUT2D eigenvalue weighted by Gasteiger charge is 2.40. The molecule has 4 amide bonds. The van der Waals surface area contributed by atoms with Gasteiger partial charge in [0.25, 0.3) is 0 Å². The largest absolute Gasteiger partial charge is 0.480 e. The fourth-order valence-electron chi connectivity index (χ4n) is 5.10. The van der Waals surface area contributed by atoms with E-state index in [1.54, 1.807) is 13.8 Å². The number of amides is 4. The van der Waals surface area contributed by atoms with Crippen LogP contribution in [-0.4, -0.2) is 98.3 Å². The highest BCUT2D eigenvalue weighted by atomic mass is 32.2. The number of thioether (sulfide) groups is 1. The fourth-order valence-corrected chi connectivity index (χ4v) is 5.57. The van der Waals surface area contributed by atoms with E-state index in [1.807, 2.05) is 36.6 Å². The number of carboxylic acid groups (broad SMARTS) is 1. The number of hydrogen-bond acceptors (Lipinski definition) is 8. The van der Waals surface area contributed by atoms with Gasteiger partial charge >= 0.3 is 5.97 Å². The van der Waals surface area contributed by atoms with Crippen molar-refractivity contribution in [1.82, 2.24) is 30.8 Å². The molecule has 2 heterocycles. The van der Waals surface area contributed by atoms with Crippen molar-refractivity contribution in [2.75, 3.05) is 18.6 Å². The Balaban J connectivity index is 1.74. The highest BCUT2D eigenvalue weighted by Crippen LogP contribution is 2.20. The Kier molecular flexibility index (Phi) is 13.2. The summed E-state index contributed by atoms with van der Waals surface area (Å²) in [7, 11) is 0. The molecule has 0 spiro atoms. The highest BCUT2D eigenvalue weighted by molar-refractivity contribution is 7.98. The molecule has 5 atom stereocenters. The maximum absolute atomic E-state index is 13.9. The molecule has 1 aliphatic rings. The number of carbonyl (C=O) groups excluding carboxylic acids is 4. The molecule has 1 aromatic carbocycles. The third kappa shape index (κ3) is 9.81. The molecule has 7 N–H and O–H groups in total. The lowest BCUT2D eigenvalue weighted by Crippen LogP contribution is -2.59. The molecule has 14 heteroatoms. The summed E-state index contributed by atoms with van der Waals surface area (Å²) in [4.78, 5) is 73.7. The Bertz CT molecular complexity index is 1260. The molecule has 1 fully saturated rings. The van der Waals surface area contributed by atoms with Gasteiger partial charge in [-0.2, -0.15) is 11.8 Å². The van der Waals surface area contributed by atoms with Crippen molar-refractivity contribution in [2.24, 2.45) is 11.7 Å². The minimum absolute atomic E-state index is 0.0627. The van der Waals surface area contributed by atoms with Gasteiger partial charge in [-0.3, -0.25) is 19.2 Å². The first-order valence-corrected chi connectivity index (χ1v) is 16.1. The average Bonchev–Trinajstić information content (AvgIpc) is 3.70. The lowest BCUT2D eigenvalue weighted by molar-refractivity contribution is -0.145. The van der Waals surface area contributed by atoms with Crippen LogP contribution in [0.4, 0.5) is 0 Å². The van der Waals surface area contributed by atoms with Crippen LogP contribution in [-0.2, 0) is 36.8 Å². The standard InChI is InChI=1S/C30H43N7O6S/c1-18(2)25(36-26(38)21(31)14-19-8-5-4-6-9-19)28(40)35-23(15-20-16-32-17-33-20)29(41)37-12-7-10-24(37)27(39)34-22(30(42)43)11-13-44-3/h4-6,8-9,16-18,21-25H,7,10-15,31H2,1-3H3,(H,32,33)(H,34,39)(H,35,40)(H,36,38)(H,42,43)/t21-,22-,23-,24-,25-/m0/s1. The van der Waals surface area contributed by atoms with Gasteiger partial charge in [0, 0.05) is 24.9 Å². The Morgan fingerprint density at radius 2 is 1.80 bits per heavy atom. The maximum atomic E-state index is 13.9. The molecule has 2 aromatic rings. The van der Waals surface area contributed by atoms with E-state index in [0.29, 0.717) is 30.7 Å². The third-order valence-corrected chi connectivity index (χ3v) is 8.18. The molecule has 0 aliphatic carbocycles. The quantitative estimate of drug-likeness (QED) is 0.153. The van der Waals surface area contributed by atoms with E-state index in [0.717, 1.165) is 5.56 Å².